The number of nitrogens with one attached hydrogen (secondary N) is 1. The van der Waals surface area contributed by atoms with Gasteiger partial charge in [-0.3, -0.25) is 9.59 Å². The fourth-order valence-corrected chi connectivity index (χ4v) is 1.42. The maximum atomic E-state index is 10.8. The lowest BCUT2D eigenvalue weighted by Crippen LogP contribution is -2.16. The average Bonchev–Trinajstić information content (AvgIpc) is 2.39. The minimum absolute atomic E-state index is 0.201. The highest BCUT2D eigenvalue weighted by molar-refractivity contribution is 5.97. The Hall–Kier alpha value is -0.900. The Labute approximate surface area is 57.5 Å². The summed E-state index contributed by atoms with van der Waals surface area (Å²) < 4.78 is 4.41. The zero-order valence-corrected chi connectivity index (χ0v) is 5.29. The number of cyclic esters (lactones) is 2. The molecule has 0 aromatic rings. The summed E-state index contributed by atoms with van der Waals surface area (Å²) in [6, 6.07) is 0. The lowest BCUT2D eigenvalue weighted by atomic mass is 10.00. The Bertz CT molecular complexity index is 181. The van der Waals surface area contributed by atoms with E-state index in [1.165, 1.54) is 0 Å². The summed E-state index contributed by atoms with van der Waals surface area (Å²) in [5, 5.41) is 2.96. The smallest absolute Gasteiger partial charge is 0.318 e. The number of rotatable bonds is 0. The molecule has 4 nitrogen and oxygen atoms in total. The van der Waals surface area contributed by atoms with Crippen molar-refractivity contribution < 1.29 is 14.3 Å². The molecular weight excluding hydrogens is 134 g/mol. The van der Waals surface area contributed by atoms with Crippen molar-refractivity contribution in [3.63, 3.8) is 0 Å². The molecule has 0 unspecified atom stereocenters. The fourth-order valence-electron chi connectivity index (χ4n) is 1.42. The summed E-state index contributed by atoms with van der Waals surface area (Å²) in [6.45, 7) is 1.18. The van der Waals surface area contributed by atoms with E-state index in [1.54, 1.807) is 0 Å². The summed E-state index contributed by atoms with van der Waals surface area (Å²) in [6.07, 6.45) is 0. The van der Waals surface area contributed by atoms with Gasteiger partial charge in [-0.25, -0.2) is 0 Å². The molecular formula is C6H7NO3. The van der Waals surface area contributed by atoms with Crippen LogP contribution in [0.15, 0.2) is 0 Å². The van der Waals surface area contributed by atoms with Crippen LogP contribution in [0.2, 0.25) is 0 Å². The topological polar surface area (TPSA) is 55.4 Å². The van der Waals surface area contributed by atoms with Gasteiger partial charge in [0, 0.05) is 13.1 Å². The molecule has 0 aromatic carbocycles. The van der Waals surface area contributed by atoms with Crippen molar-refractivity contribution in [3.05, 3.63) is 0 Å². The van der Waals surface area contributed by atoms with Crippen LogP contribution in [0.1, 0.15) is 0 Å². The van der Waals surface area contributed by atoms with Gasteiger partial charge in [0.25, 0.3) is 0 Å². The summed E-state index contributed by atoms with van der Waals surface area (Å²) >= 11 is 0. The average molecular weight is 141 g/mol. The first kappa shape index (κ1) is 5.85. The molecule has 0 spiro atoms. The van der Waals surface area contributed by atoms with Crippen LogP contribution in [0.5, 0.6) is 0 Å². The maximum absolute atomic E-state index is 10.8. The van der Waals surface area contributed by atoms with Gasteiger partial charge in [-0.1, -0.05) is 0 Å². The van der Waals surface area contributed by atoms with Crippen molar-refractivity contribution in [2.24, 2.45) is 11.8 Å². The SMILES string of the molecule is O=C1OC(=O)[C@@H]2CNC[C@H]12. The molecule has 2 heterocycles. The molecule has 0 aromatic heterocycles. The normalized spacial score (nSPS) is 38.0. The highest BCUT2D eigenvalue weighted by atomic mass is 16.6. The van der Waals surface area contributed by atoms with E-state index in [0.717, 1.165) is 0 Å². The van der Waals surface area contributed by atoms with Gasteiger partial charge in [0.05, 0.1) is 11.8 Å². The number of hydrogen-bond donors (Lipinski definition) is 1. The predicted molar refractivity (Wildman–Crippen MR) is 30.9 cm³/mol. The van der Waals surface area contributed by atoms with Gasteiger partial charge in [0.2, 0.25) is 0 Å². The number of fused-ring (bicyclic) bond motifs is 1. The first-order chi connectivity index (χ1) is 4.79. The minimum atomic E-state index is -0.361. The maximum Gasteiger partial charge on any atom is 0.318 e. The summed E-state index contributed by atoms with van der Waals surface area (Å²) in [7, 11) is 0. The van der Waals surface area contributed by atoms with Crippen molar-refractivity contribution in [2.45, 2.75) is 0 Å². The van der Waals surface area contributed by atoms with Crippen molar-refractivity contribution in [1.29, 1.82) is 0 Å². The first-order valence-corrected chi connectivity index (χ1v) is 3.25. The van der Waals surface area contributed by atoms with E-state index < -0.39 is 0 Å². The van der Waals surface area contributed by atoms with E-state index in [2.05, 4.69) is 10.1 Å². The molecule has 0 radical (unpaired) electrons. The number of carbonyl (C=O) groups is 2. The van der Waals surface area contributed by atoms with Crippen molar-refractivity contribution in [1.82, 2.24) is 5.32 Å². The molecule has 0 bridgehead atoms. The van der Waals surface area contributed by atoms with Gasteiger partial charge in [-0.15, -0.1) is 0 Å². The Kier molecular flexibility index (Phi) is 1.05. The molecule has 2 rings (SSSR count). The van der Waals surface area contributed by atoms with Crippen molar-refractivity contribution in [2.75, 3.05) is 13.1 Å². The monoisotopic (exact) mass is 141 g/mol. The number of esters is 2. The third-order valence-electron chi connectivity index (χ3n) is 2.02. The van der Waals surface area contributed by atoms with Gasteiger partial charge in [0.1, 0.15) is 0 Å². The van der Waals surface area contributed by atoms with E-state index in [4.69, 9.17) is 0 Å². The molecule has 10 heavy (non-hydrogen) atoms. The van der Waals surface area contributed by atoms with Crippen LogP contribution in [-0.2, 0) is 14.3 Å². The third-order valence-corrected chi connectivity index (χ3v) is 2.02. The molecule has 4 heteroatoms. The van der Waals surface area contributed by atoms with Crippen LogP contribution in [0.25, 0.3) is 0 Å². The second kappa shape index (κ2) is 1.79. The van der Waals surface area contributed by atoms with Crippen LogP contribution < -0.4 is 5.32 Å². The van der Waals surface area contributed by atoms with Crippen LogP contribution in [0, 0.1) is 11.8 Å². The standard InChI is InChI=1S/C6H7NO3/c8-5-3-1-7-2-4(3)6(9)10-5/h3-4,7H,1-2H2/t3-,4+. The molecule has 0 amide bonds. The molecule has 1 N–H and O–H groups in total. The lowest BCUT2D eigenvalue weighted by molar-refractivity contribution is -0.154. The number of hydrogen-bond acceptors (Lipinski definition) is 4. The lowest BCUT2D eigenvalue weighted by Gasteiger charge is -1.94. The molecule has 2 aliphatic heterocycles. The quantitative estimate of drug-likeness (QED) is 0.344. The van der Waals surface area contributed by atoms with Gasteiger partial charge in [0.15, 0.2) is 0 Å². The van der Waals surface area contributed by atoms with E-state index in [1.807, 2.05) is 0 Å². The molecule has 0 aliphatic carbocycles. The van der Waals surface area contributed by atoms with Gasteiger partial charge < -0.3 is 10.1 Å². The number of carbonyl (C=O) groups excluding carboxylic acids is 2. The van der Waals surface area contributed by atoms with E-state index in [-0.39, 0.29) is 23.8 Å². The van der Waals surface area contributed by atoms with Crippen LogP contribution in [0.4, 0.5) is 0 Å². The second-order valence-corrected chi connectivity index (χ2v) is 2.61. The highest BCUT2D eigenvalue weighted by Crippen LogP contribution is 2.25. The van der Waals surface area contributed by atoms with Crippen molar-refractivity contribution in [3.8, 4) is 0 Å². The molecule has 2 aliphatic rings. The zero-order valence-electron chi connectivity index (χ0n) is 5.29. The minimum Gasteiger partial charge on any atom is -0.393 e. The Morgan fingerprint density at radius 1 is 1.20 bits per heavy atom. The largest absolute Gasteiger partial charge is 0.393 e. The van der Waals surface area contributed by atoms with E-state index >= 15 is 0 Å². The van der Waals surface area contributed by atoms with Crippen LogP contribution in [-0.4, -0.2) is 25.0 Å². The van der Waals surface area contributed by atoms with Gasteiger partial charge in [-0.05, 0) is 0 Å². The summed E-state index contributed by atoms with van der Waals surface area (Å²) in [5.41, 5.74) is 0. The Morgan fingerprint density at radius 3 is 2.20 bits per heavy atom. The summed E-state index contributed by atoms with van der Waals surface area (Å²) in [5.74, 6) is -1.13. The first-order valence-electron chi connectivity index (χ1n) is 3.25. The second-order valence-electron chi connectivity index (χ2n) is 2.61. The molecule has 2 fully saturated rings. The molecule has 2 saturated heterocycles. The highest BCUT2D eigenvalue weighted by Gasteiger charge is 2.46. The predicted octanol–water partition coefficient (Wildman–Crippen LogP) is -1.09. The zero-order chi connectivity index (χ0) is 7.14. The van der Waals surface area contributed by atoms with Crippen LogP contribution in [0.3, 0.4) is 0 Å². The third kappa shape index (κ3) is 0.593. The van der Waals surface area contributed by atoms with E-state index in [9.17, 15) is 9.59 Å². The van der Waals surface area contributed by atoms with Gasteiger partial charge in [-0.2, -0.15) is 0 Å². The molecule has 2 atom stereocenters. The van der Waals surface area contributed by atoms with Gasteiger partial charge >= 0.3 is 11.9 Å². The van der Waals surface area contributed by atoms with Crippen molar-refractivity contribution >= 4 is 11.9 Å². The summed E-state index contributed by atoms with van der Waals surface area (Å²) in [4.78, 5) is 21.6. The fraction of sp³-hybridized carbons (Fsp3) is 0.667. The molecule has 0 saturated carbocycles. The van der Waals surface area contributed by atoms with E-state index in [0.29, 0.717) is 13.1 Å². The Balaban J connectivity index is 2.27. The number of ether oxygens (including phenoxy) is 1. The van der Waals surface area contributed by atoms with Crippen LogP contribution >= 0.6 is 0 Å². The Morgan fingerprint density at radius 2 is 1.70 bits per heavy atom. The molecule has 54 valence electrons.